The fraction of sp³-hybridized carbons (Fsp3) is 0.419. The molecule has 3 heterocycles. The number of ether oxygens (including phenoxy) is 2. The Morgan fingerprint density at radius 2 is 1.95 bits per heavy atom. The monoisotopic (exact) mass is 518 g/mol. The van der Waals surface area contributed by atoms with E-state index in [1.54, 1.807) is 13.0 Å². The third-order valence-corrected chi connectivity index (χ3v) is 7.96. The molecule has 0 saturated carbocycles. The molecule has 1 saturated heterocycles. The Balaban J connectivity index is 1.48. The minimum atomic E-state index is -0.801. The molecule has 5 rings (SSSR count). The summed E-state index contributed by atoms with van der Waals surface area (Å²) in [6, 6.07) is 14.0. The average molecular weight is 519 g/mol. The van der Waals surface area contributed by atoms with Crippen LogP contribution in [0.2, 0.25) is 0 Å². The van der Waals surface area contributed by atoms with Crippen LogP contribution >= 0.6 is 0 Å². The second-order valence-corrected chi connectivity index (χ2v) is 10.5. The molecule has 1 fully saturated rings. The molecule has 7 heteroatoms. The zero-order chi connectivity index (χ0) is 26.8. The highest BCUT2D eigenvalue weighted by Gasteiger charge is 2.27. The number of pyridine rings is 1. The van der Waals surface area contributed by atoms with Crippen molar-refractivity contribution in [2.24, 2.45) is 5.92 Å². The number of aryl methyl sites for hydroxylation is 1. The third-order valence-electron chi connectivity index (χ3n) is 7.96. The summed E-state index contributed by atoms with van der Waals surface area (Å²) >= 11 is 0. The van der Waals surface area contributed by atoms with E-state index in [9.17, 15) is 9.90 Å². The van der Waals surface area contributed by atoms with Gasteiger partial charge in [-0.1, -0.05) is 31.2 Å². The van der Waals surface area contributed by atoms with Crippen LogP contribution in [0, 0.1) is 11.7 Å². The van der Waals surface area contributed by atoms with Gasteiger partial charge in [0, 0.05) is 17.7 Å². The molecular weight excluding hydrogens is 483 g/mol. The Hall–Kier alpha value is -3.45. The van der Waals surface area contributed by atoms with Crippen molar-refractivity contribution in [2.45, 2.75) is 58.1 Å². The van der Waals surface area contributed by atoms with E-state index < -0.39 is 11.9 Å². The van der Waals surface area contributed by atoms with Crippen LogP contribution in [-0.2, 0) is 17.6 Å². The summed E-state index contributed by atoms with van der Waals surface area (Å²) < 4.78 is 26.8. The van der Waals surface area contributed by atoms with Crippen molar-refractivity contribution in [1.82, 2.24) is 9.88 Å². The highest BCUT2D eigenvalue weighted by atomic mass is 19.1. The lowest BCUT2D eigenvalue weighted by Crippen LogP contribution is -2.24. The average Bonchev–Trinajstić information content (AvgIpc) is 3.47. The molecule has 2 aromatic carbocycles. The van der Waals surface area contributed by atoms with Gasteiger partial charge in [-0.2, -0.15) is 0 Å². The van der Waals surface area contributed by atoms with Gasteiger partial charge < -0.3 is 14.6 Å². The zero-order valence-electron chi connectivity index (χ0n) is 22.2. The van der Waals surface area contributed by atoms with Crippen molar-refractivity contribution >= 4 is 5.97 Å². The molecule has 3 atom stereocenters. The number of methoxy groups -OCH3 is 1. The molecule has 0 amide bonds. The summed E-state index contributed by atoms with van der Waals surface area (Å²) in [7, 11) is 1.53. The standard InChI is InChI=1S/C31H35FN2O4/c1-19(31(35)36)14-21-6-7-22-9-11-28(38-29(22)15-21)23-8-10-24(26-17-30(37-3)33-18-27(26)32)25(16-23)20(2)34-12-4-5-13-34/h6-8,10,15-20,28H,4-5,9,11-14H2,1-3H3,(H,35,36). The number of fused-ring (bicyclic) bond motifs is 1. The molecule has 2 aliphatic heterocycles. The third kappa shape index (κ3) is 5.39. The fourth-order valence-electron chi connectivity index (χ4n) is 5.65. The lowest BCUT2D eigenvalue weighted by molar-refractivity contribution is -0.141. The van der Waals surface area contributed by atoms with Gasteiger partial charge in [-0.25, -0.2) is 9.37 Å². The highest BCUT2D eigenvalue weighted by molar-refractivity contribution is 5.70. The summed E-state index contributed by atoms with van der Waals surface area (Å²) in [4.78, 5) is 17.8. The Morgan fingerprint density at radius 3 is 2.68 bits per heavy atom. The number of benzene rings is 2. The van der Waals surface area contributed by atoms with Crippen molar-refractivity contribution in [3.63, 3.8) is 0 Å². The topological polar surface area (TPSA) is 71.9 Å². The fourth-order valence-corrected chi connectivity index (χ4v) is 5.65. The van der Waals surface area contributed by atoms with Crippen LogP contribution < -0.4 is 9.47 Å². The van der Waals surface area contributed by atoms with E-state index in [1.807, 2.05) is 24.3 Å². The van der Waals surface area contributed by atoms with Crippen LogP contribution in [0.15, 0.2) is 48.7 Å². The molecule has 0 bridgehead atoms. The number of likely N-dealkylation sites (tertiary alicyclic amines) is 1. The SMILES string of the molecule is COc1cc(-c2ccc(C3CCc4ccc(CC(C)C(=O)O)cc4O3)cc2C(C)N2CCCC2)c(F)cn1. The maximum Gasteiger partial charge on any atom is 0.306 e. The Bertz CT molecular complexity index is 1320. The lowest BCUT2D eigenvalue weighted by atomic mass is 9.89. The van der Waals surface area contributed by atoms with Gasteiger partial charge in [0.25, 0.3) is 0 Å². The van der Waals surface area contributed by atoms with E-state index in [-0.39, 0.29) is 18.0 Å². The first-order chi connectivity index (χ1) is 18.3. The number of halogens is 1. The zero-order valence-corrected chi connectivity index (χ0v) is 22.2. The predicted molar refractivity (Wildman–Crippen MR) is 144 cm³/mol. The molecule has 200 valence electrons. The number of aromatic nitrogens is 1. The van der Waals surface area contributed by atoms with Gasteiger partial charge in [0.05, 0.1) is 19.2 Å². The Kier molecular flexibility index (Phi) is 7.65. The van der Waals surface area contributed by atoms with Gasteiger partial charge in [0.15, 0.2) is 0 Å². The van der Waals surface area contributed by atoms with Crippen LogP contribution in [0.4, 0.5) is 4.39 Å². The summed E-state index contributed by atoms with van der Waals surface area (Å²) in [6.45, 7) is 5.96. The summed E-state index contributed by atoms with van der Waals surface area (Å²) in [5.74, 6) is -0.435. The maximum absolute atomic E-state index is 15.0. The van der Waals surface area contributed by atoms with Gasteiger partial charge in [0.1, 0.15) is 17.7 Å². The van der Waals surface area contributed by atoms with E-state index in [4.69, 9.17) is 9.47 Å². The van der Waals surface area contributed by atoms with Crippen molar-refractivity contribution in [1.29, 1.82) is 0 Å². The molecule has 1 aromatic heterocycles. The van der Waals surface area contributed by atoms with Crippen LogP contribution in [0.25, 0.3) is 11.1 Å². The number of hydrogen-bond acceptors (Lipinski definition) is 5. The van der Waals surface area contributed by atoms with Crippen molar-refractivity contribution < 1.29 is 23.8 Å². The number of carbonyl (C=O) groups is 1. The molecule has 1 N–H and O–H groups in total. The van der Waals surface area contributed by atoms with Crippen molar-refractivity contribution in [2.75, 3.05) is 20.2 Å². The molecule has 3 unspecified atom stereocenters. The second-order valence-electron chi connectivity index (χ2n) is 10.5. The first-order valence-corrected chi connectivity index (χ1v) is 13.4. The molecule has 38 heavy (non-hydrogen) atoms. The van der Waals surface area contributed by atoms with Gasteiger partial charge in [-0.3, -0.25) is 9.69 Å². The first kappa shape index (κ1) is 26.2. The molecule has 2 aliphatic rings. The molecule has 0 spiro atoms. The number of nitrogens with zero attached hydrogens (tertiary/aromatic N) is 2. The molecule has 3 aromatic rings. The van der Waals surface area contributed by atoms with Crippen LogP contribution in [0.3, 0.4) is 0 Å². The first-order valence-electron chi connectivity index (χ1n) is 13.4. The lowest BCUT2D eigenvalue weighted by Gasteiger charge is -2.30. The van der Waals surface area contributed by atoms with E-state index in [0.717, 1.165) is 59.5 Å². The molecule has 0 radical (unpaired) electrons. The summed E-state index contributed by atoms with van der Waals surface area (Å²) in [6.07, 6.45) is 5.60. The number of rotatable bonds is 8. The Morgan fingerprint density at radius 1 is 1.16 bits per heavy atom. The van der Waals surface area contributed by atoms with Crippen molar-refractivity contribution in [3.05, 3.63) is 76.7 Å². The minimum absolute atomic E-state index is 0.117. The molecule has 0 aliphatic carbocycles. The Labute approximate surface area is 223 Å². The van der Waals surface area contributed by atoms with Gasteiger partial charge in [0.2, 0.25) is 5.88 Å². The summed E-state index contributed by atoms with van der Waals surface area (Å²) in [5.41, 5.74) is 5.55. The van der Waals surface area contributed by atoms with Gasteiger partial charge in [-0.05, 0) is 92.1 Å². The molecule has 6 nitrogen and oxygen atoms in total. The number of hydrogen-bond donors (Lipinski definition) is 1. The maximum atomic E-state index is 15.0. The second kappa shape index (κ2) is 11.1. The van der Waals surface area contributed by atoms with Crippen LogP contribution in [0.1, 0.15) is 67.5 Å². The van der Waals surface area contributed by atoms with E-state index >= 15 is 4.39 Å². The van der Waals surface area contributed by atoms with Gasteiger partial charge >= 0.3 is 5.97 Å². The smallest absolute Gasteiger partial charge is 0.306 e. The quantitative estimate of drug-likeness (QED) is 0.373. The van der Waals surface area contributed by atoms with E-state index in [0.29, 0.717) is 17.9 Å². The van der Waals surface area contributed by atoms with Crippen LogP contribution in [-0.4, -0.2) is 41.2 Å². The minimum Gasteiger partial charge on any atom is -0.485 e. The number of carboxylic acid groups (broad SMARTS) is 1. The van der Waals surface area contributed by atoms with Crippen LogP contribution in [0.5, 0.6) is 11.6 Å². The molecular formula is C31H35FN2O4. The van der Waals surface area contributed by atoms with Gasteiger partial charge in [-0.15, -0.1) is 0 Å². The number of carboxylic acids is 1. The number of aliphatic carboxylic acids is 1. The summed E-state index contributed by atoms with van der Waals surface area (Å²) in [5, 5.41) is 9.30. The van der Waals surface area contributed by atoms with E-state index in [2.05, 4.69) is 28.9 Å². The van der Waals surface area contributed by atoms with Crippen molar-refractivity contribution in [3.8, 4) is 22.8 Å². The normalized spacial score (nSPS) is 18.9. The predicted octanol–water partition coefficient (Wildman–Crippen LogP) is 6.38. The largest absolute Gasteiger partial charge is 0.485 e. The highest BCUT2D eigenvalue weighted by Crippen LogP contribution is 2.40. The van der Waals surface area contributed by atoms with E-state index in [1.165, 1.54) is 26.1 Å².